The maximum atomic E-state index is 10.8. The van der Waals surface area contributed by atoms with Crippen LogP contribution in [-0.4, -0.2) is 70.4 Å². The highest BCUT2D eigenvalue weighted by Crippen LogP contribution is 2.28. The number of ether oxygens (including phenoxy) is 2. The molecule has 1 amide bonds. The zero-order valence-corrected chi connectivity index (χ0v) is 9.78. The van der Waals surface area contributed by atoms with E-state index in [9.17, 15) is 20.1 Å². The largest absolute Gasteiger partial charge is 0.448 e. The molecule has 0 aromatic heterocycles. The average Bonchev–Trinajstić information content (AvgIpc) is 2.55. The first-order chi connectivity index (χ1) is 8.44. The number of nitrogens with one attached hydrogen (secondary N) is 1. The average molecular weight is 267 g/mol. The van der Waals surface area contributed by atoms with Gasteiger partial charge in [-0.15, -0.1) is 0 Å². The maximum Gasteiger partial charge on any atom is 0.431 e. The molecule has 0 radical (unpaired) electrons. The van der Waals surface area contributed by atoms with E-state index >= 15 is 0 Å². The number of rotatable bonds is 5. The van der Waals surface area contributed by atoms with Crippen LogP contribution in [0.1, 0.15) is 6.92 Å². The molecule has 9 nitrogen and oxygen atoms in total. The predicted octanol–water partition coefficient (Wildman–Crippen LogP) is -2.53. The molecule has 1 aliphatic rings. The fraction of sp³-hybridized carbons (Fsp3) is 0.889. The molecule has 0 bridgehead atoms. The Morgan fingerprint density at radius 1 is 1.50 bits per heavy atom. The van der Waals surface area contributed by atoms with Crippen LogP contribution < -0.4 is 5.48 Å². The minimum atomic E-state index is -2.24. The highest BCUT2D eigenvalue weighted by molar-refractivity contribution is 5.65. The normalized spacial score (nSPS) is 35.5. The third-order valence-electron chi connectivity index (χ3n) is 2.43. The molecule has 0 aliphatic carbocycles. The van der Waals surface area contributed by atoms with Crippen molar-refractivity contribution in [2.24, 2.45) is 0 Å². The van der Waals surface area contributed by atoms with Gasteiger partial charge in [-0.25, -0.2) is 4.79 Å². The van der Waals surface area contributed by atoms with Crippen molar-refractivity contribution in [2.75, 3.05) is 19.8 Å². The second kappa shape index (κ2) is 6.27. The number of amides is 1. The summed E-state index contributed by atoms with van der Waals surface area (Å²) in [5.41, 5.74) is 1.91. The summed E-state index contributed by atoms with van der Waals surface area (Å²) in [7, 11) is 0. The first-order valence-electron chi connectivity index (χ1n) is 5.36. The second-order valence-electron chi connectivity index (χ2n) is 3.73. The third kappa shape index (κ3) is 3.28. The Morgan fingerprint density at radius 2 is 2.17 bits per heavy atom. The lowest BCUT2D eigenvalue weighted by molar-refractivity contribution is -0.250. The van der Waals surface area contributed by atoms with Gasteiger partial charge in [0, 0.05) is 0 Å². The van der Waals surface area contributed by atoms with Gasteiger partial charge in [0.25, 0.3) is 0 Å². The van der Waals surface area contributed by atoms with Gasteiger partial charge in [-0.2, -0.15) is 5.48 Å². The Hall–Kier alpha value is -0.970. The summed E-state index contributed by atoms with van der Waals surface area (Å²) in [5, 5.41) is 37.3. The fourth-order valence-electron chi connectivity index (χ4n) is 1.48. The standard InChI is InChI=1S/C9H17NO8/c1-2-16-8(14)10-17-3-5-6(12)7(13)9(15,4-11)18-5/h5-7,11-13,15H,2-4H2,1H3,(H,10,14)/t5-,6-,7-,9?/m1/s1. The Balaban J connectivity index is 2.38. The molecule has 5 N–H and O–H groups in total. The minimum Gasteiger partial charge on any atom is -0.448 e. The van der Waals surface area contributed by atoms with E-state index in [4.69, 9.17) is 9.84 Å². The molecule has 0 spiro atoms. The number of hydroxylamine groups is 1. The topological polar surface area (TPSA) is 138 Å². The number of hydrogen-bond donors (Lipinski definition) is 5. The first kappa shape index (κ1) is 15.1. The van der Waals surface area contributed by atoms with Crippen LogP contribution in [0.5, 0.6) is 0 Å². The van der Waals surface area contributed by atoms with Crippen LogP contribution >= 0.6 is 0 Å². The summed E-state index contributed by atoms with van der Waals surface area (Å²) < 4.78 is 9.35. The van der Waals surface area contributed by atoms with Gasteiger partial charge in [-0.3, -0.25) is 4.84 Å². The molecule has 0 aromatic rings. The van der Waals surface area contributed by atoms with Crippen LogP contribution in [-0.2, 0) is 14.3 Å². The number of hydrogen-bond acceptors (Lipinski definition) is 8. The molecular formula is C9H17NO8. The van der Waals surface area contributed by atoms with Crippen LogP contribution in [0, 0.1) is 0 Å². The van der Waals surface area contributed by atoms with E-state index in [-0.39, 0.29) is 13.2 Å². The molecule has 9 heteroatoms. The fourth-order valence-corrected chi connectivity index (χ4v) is 1.48. The van der Waals surface area contributed by atoms with Crippen LogP contribution in [0.3, 0.4) is 0 Å². The van der Waals surface area contributed by atoms with Crippen molar-refractivity contribution in [2.45, 2.75) is 31.0 Å². The van der Waals surface area contributed by atoms with Gasteiger partial charge in [0.1, 0.15) is 24.9 Å². The smallest absolute Gasteiger partial charge is 0.431 e. The van der Waals surface area contributed by atoms with Crippen molar-refractivity contribution in [1.82, 2.24) is 5.48 Å². The molecule has 1 fully saturated rings. The molecule has 1 unspecified atom stereocenters. The van der Waals surface area contributed by atoms with Gasteiger partial charge in [0.05, 0.1) is 13.2 Å². The Bertz CT molecular complexity index is 288. The summed E-state index contributed by atoms with van der Waals surface area (Å²) in [4.78, 5) is 15.5. The van der Waals surface area contributed by atoms with E-state index in [2.05, 4.69) is 9.57 Å². The molecule has 1 rings (SSSR count). The SMILES string of the molecule is CCOC(=O)NOC[C@H]1OC(O)(CO)[C@H](O)[C@@H]1O. The Kier molecular flexibility index (Phi) is 5.26. The van der Waals surface area contributed by atoms with Gasteiger partial charge >= 0.3 is 6.09 Å². The van der Waals surface area contributed by atoms with Crippen molar-refractivity contribution >= 4 is 6.09 Å². The quantitative estimate of drug-likeness (QED) is 0.344. The lowest BCUT2D eigenvalue weighted by atomic mass is 10.1. The van der Waals surface area contributed by atoms with E-state index in [1.807, 2.05) is 5.48 Å². The predicted molar refractivity (Wildman–Crippen MR) is 55.0 cm³/mol. The molecule has 1 heterocycles. The summed E-state index contributed by atoms with van der Waals surface area (Å²) in [6, 6.07) is 0. The molecule has 0 aromatic carbocycles. The van der Waals surface area contributed by atoms with Crippen LogP contribution in [0.4, 0.5) is 4.79 Å². The highest BCUT2D eigenvalue weighted by atomic mass is 16.7. The monoisotopic (exact) mass is 267 g/mol. The first-order valence-corrected chi connectivity index (χ1v) is 5.36. The molecule has 1 saturated heterocycles. The van der Waals surface area contributed by atoms with E-state index in [1.165, 1.54) is 0 Å². The second-order valence-corrected chi connectivity index (χ2v) is 3.73. The van der Waals surface area contributed by atoms with Crippen molar-refractivity contribution in [1.29, 1.82) is 0 Å². The van der Waals surface area contributed by atoms with Crippen molar-refractivity contribution in [3.05, 3.63) is 0 Å². The molecular weight excluding hydrogens is 250 g/mol. The zero-order valence-electron chi connectivity index (χ0n) is 9.78. The summed E-state index contributed by atoms with van der Waals surface area (Å²) in [6.45, 7) is 0.564. The third-order valence-corrected chi connectivity index (χ3v) is 2.43. The Labute approximate surface area is 103 Å². The summed E-state index contributed by atoms with van der Waals surface area (Å²) in [6.07, 6.45) is -5.04. The van der Waals surface area contributed by atoms with Crippen molar-refractivity contribution in [3.63, 3.8) is 0 Å². The molecule has 4 atom stereocenters. The van der Waals surface area contributed by atoms with Gasteiger partial charge < -0.3 is 29.9 Å². The van der Waals surface area contributed by atoms with Crippen LogP contribution in [0.25, 0.3) is 0 Å². The Morgan fingerprint density at radius 3 is 2.67 bits per heavy atom. The van der Waals surface area contributed by atoms with Gasteiger partial charge in [0.15, 0.2) is 0 Å². The van der Waals surface area contributed by atoms with E-state index in [0.29, 0.717) is 0 Å². The van der Waals surface area contributed by atoms with Gasteiger partial charge in [0.2, 0.25) is 5.79 Å². The summed E-state index contributed by atoms with van der Waals surface area (Å²) >= 11 is 0. The molecule has 1 aliphatic heterocycles. The number of carbonyl (C=O) groups is 1. The summed E-state index contributed by atoms with van der Waals surface area (Å²) in [5.74, 6) is -2.24. The molecule has 106 valence electrons. The van der Waals surface area contributed by atoms with E-state index in [1.54, 1.807) is 6.92 Å². The van der Waals surface area contributed by atoms with Crippen LogP contribution in [0.2, 0.25) is 0 Å². The van der Waals surface area contributed by atoms with Crippen molar-refractivity contribution in [3.8, 4) is 0 Å². The van der Waals surface area contributed by atoms with Crippen molar-refractivity contribution < 1.29 is 39.5 Å². The number of carbonyl (C=O) groups excluding carboxylic acids is 1. The zero-order chi connectivity index (χ0) is 13.8. The maximum absolute atomic E-state index is 10.8. The number of aliphatic hydroxyl groups excluding tert-OH is 3. The lowest BCUT2D eigenvalue weighted by Crippen LogP contribution is -2.46. The number of aliphatic hydroxyl groups is 4. The van der Waals surface area contributed by atoms with Crippen LogP contribution in [0.15, 0.2) is 0 Å². The van der Waals surface area contributed by atoms with E-state index in [0.717, 1.165) is 0 Å². The minimum absolute atomic E-state index is 0.167. The van der Waals surface area contributed by atoms with Gasteiger partial charge in [-0.05, 0) is 6.92 Å². The highest BCUT2D eigenvalue weighted by Gasteiger charge is 2.53. The molecule has 18 heavy (non-hydrogen) atoms. The van der Waals surface area contributed by atoms with Gasteiger partial charge in [-0.1, -0.05) is 0 Å². The lowest BCUT2D eigenvalue weighted by Gasteiger charge is -2.22. The molecule has 0 saturated carbocycles. The van der Waals surface area contributed by atoms with E-state index < -0.39 is 36.8 Å².